The van der Waals surface area contributed by atoms with Gasteiger partial charge in [-0.1, -0.05) is 38.0 Å². The van der Waals surface area contributed by atoms with Gasteiger partial charge in [-0.15, -0.1) is 0 Å². The van der Waals surface area contributed by atoms with Gasteiger partial charge in [0, 0.05) is 12.1 Å². The largest absolute Gasteiger partial charge is 0.370 e. The van der Waals surface area contributed by atoms with Crippen LogP contribution in [0.2, 0.25) is 0 Å². The van der Waals surface area contributed by atoms with Crippen LogP contribution < -0.4 is 38.9 Å². The first kappa shape index (κ1) is 31.4. The van der Waals surface area contributed by atoms with Crippen LogP contribution in [0, 0.1) is 0 Å². The van der Waals surface area contributed by atoms with Crippen LogP contribution in [0.4, 0.5) is 0 Å². The Morgan fingerprint density at radius 2 is 1.35 bits per heavy atom. The maximum Gasteiger partial charge on any atom is 0.251 e. The quantitative estimate of drug-likeness (QED) is 0.0774. The Morgan fingerprint density at radius 1 is 0.784 bits per heavy atom. The number of carbonyl (C=O) groups excluding carboxylic acids is 4. The average molecular weight is 519 g/mol. The summed E-state index contributed by atoms with van der Waals surface area (Å²) in [6.07, 6.45) is 4.13. The standard InChI is InChI=1S/C25H42N8O4/c1-2-3-12-18(21(27)34)31-23(36)19(13-7-8-15-26)33-24(37)20(14-9-16-30-25(28)29)32-22(35)17-10-5-4-6-11-17/h4-6,10-11,18-20H,2-3,7-9,12-16,26H2,1H3,(H2,27,34)(H,31,36)(H,32,35)(H,33,37)(H4,28,29,30)/t18-,19-,20-/m0/s1. The molecule has 0 radical (unpaired) electrons. The summed E-state index contributed by atoms with van der Waals surface area (Å²) < 4.78 is 0. The molecule has 4 amide bonds. The van der Waals surface area contributed by atoms with E-state index < -0.39 is 41.8 Å². The fraction of sp³-hybridized carbons (Fsp3) is 0.560. The molecule has 0 aliphatic heterocycles. The molecule has 0 spiro atoms. The van der Waals surface area contributed by atoms with E-state index in [1.165, 1.54) is 0 Å². The zero-order chi connectivity index (χ0) is 27.6. The Labute approximate surface area is 218 Å². The van der Waals surface area contributed by atoms with E-state index >= 15 is 0 Å². The van der Waals surface area contributed by atoms with Crippen molar-refractivity contribution < 1.29 is 19.2 Å². The fourth-order valence-electron chi connectivity index (χ4n) is 3.60. The first-order valence-corrected chi connectivity index (χ1v) is 12.7. The molecule has 11 N–H and O–H groups in total. The summed E-state index contributed by atoms with van der Waals surface area (Å²) in [5.41, 5.74) is 22.2. The average Bonchev–Trinajstić information content (AvgIpc) is 2.87. The predicted molar refractivity (Wildman–Crippen MR) is 143 cm³/mol. The second kappa shape index (κ2) is 17.7. The van der Waals surface area contributed by atoms with Crippen molar-refractivity contribution in [3.8, 4) is 0 Å². The highest BCUT2D eigenvalue weighted by molar-refractivity contribution is 5.98. The number of nitrogens with two attached hydrogens (primary N) is 4. The Bertz CT molecular complexity index is 890. The summed E-state index contributed by atoms with van der Waals surface area (Å²) in [5, 5.41) is 8.13. The first-order chi connectivity index (χ1) is 17.7. The van der Waals surface area contributed by atoms with Gasteiger partial charge < -0.3 is 38.9 Å². The van der Waals surface area contributed by atoms with E-state index in [9.17, 15) is 19.2 Å². The normalized spacial score (nSPS) is 13.0. The van der Waals surface area contributed by atoms with Gasteiger partial charge in [0.05, 0.1) is 0 Å². The van der Waals surface area contributed by atoms with Gasteiger partial charge in [0.15, 0.2) is 5.96 Å². The van der Waals surface area contributed by atoms with E-state index in [0.717, 1.165) is 6.42 Å². The van der Waals surface area contributed by atoms with Crippen molar-refractivity contribution in [2.24, 2.45) is 27.9 Å². The highest BCUT2D eigenvalue weighted by Crippen LogP contribution is 2.08. The summed E-state index contributed by atoms with van der Waals surface area (Å²) in [7, 11) is 0. The number of unbranched alkanes of at least 4 members (excludes halogenated alkanes) is 2. The van der Waals surface area contributed by atoms with Gasteiger partial charge in [0.1, 0.15) is 18.1 Å². The van der Waals surface area contributed by atoms with E-state index in [2.05, 4.69) is 20.9 Å². The first-order valence-electron chi connectivity index (χ1n) is 12.7. The number of aliphatic imine (C=N–C) groups is 1. The van der Waals surface area contributed by atoms with Gasteiger partial charge >= 0.3 is 0 Å². The van der Waals surface area contributed by atoms with Crippen LogP contribution >= 0.6 is 0 Å². The summed E-state index contributed by atoms with van der Waals surface area (Å²) in [4.78, 5) is 54.8. The minimum Gasteiger partial charge on any atom is -0.370 e. The van der Waals surface area contributed by atoms with Crippen LogP contribution in [0.15, 0.2) is 35.3 Å². The fourth-order valence-corrected chi connectivity index (χ4v) is 3.60. The lowest BCUT2D eigenvalue weighted by Crippen LogP contribution is -2.56. The zero-order valence-corrected chi connectivity index (χ0v) is 21.6. The molecule has 0 aliphatic rings. The third-order valence-corrected chi connectivity index (χ3v) is 5.69. The second-order valence-electron chi connectivity index (χ2n) is 8.79. The Hall–Kier alpha value is -3.67. The third-order valence-electron chi connectivity index (χ3n) is 5.69. The predicted octanol–water partition coefficient (Wildman–Crippen LogP) is -0.387. The molecule has 12 heteroatoms. The van der Waals surface area contributed by atoms with Crippen molar-refractivity contribution in [2.75, 3.05) is 13.1 Å². The topological polar surface area (TPSA) is 221 Å². The monoisotopic (exact) mass is 518 g/mol. The van der Waals surface area contributed by atoms with Gasteiger partial charge in [0.25, 0.3) is 5.91 Å². The summed E-state index contributed by atoms with van der Waals surface area (Å²) in [5.74, 6) is -2.19. The van der Waals surface area contributed by atoms with Crippen molar-refractivity contribution in [3.63, 3.8) is 0 Å². The van der Waals surface area contributed by atoms with Gasteiger partial charge in [-0.3, -0.25) is 24.2 Å². The summed E-state index contributed by atoms with van der Waals surface area (Å²) in [6, 6.07) is 5.76. The molecule has 0 aliphatic carbocycles. The number of amides is 4. The van der Waals surface area contributed by atoms with E-state index in [4.69, 9.17) is 22.9 Å². The van der Waals surface area contributed by atoms with Crippen molar-refractivity contribution in [1.82, 2.24) is 16.0 Å². The van der Waals surface area contributed by atoms with Crippen LogP contribution in [0.5, 0.6) is 0 Å². The molecule has 1 aromatic carbocycles. The molecule has 0 saturated heterocycles. The van der Waals surface area contributed by atoms with Gasteiger partial charge in [-0.2, -0.15) is 0 Å². The lowest BCUT2D eigenvalue weighted by Gasteiger charge is -2.25. The summed E-state index contributed by atoms with van der Waals surface area (Å²) >= 11 is 0. The van der Waals surface area contributed by atoms with Crippen LogP contribution in [0.3, 0.4) is 0 Å². The van der Waals surface area contributed by atoms with Crippen LogP contribution in [-0.2, 0) is 14.4 Å². The van der Waals surface area contributed by atoms with Crippen molar-refractivity contribution in [2.45, 2.75) is 76.4 Å². The molecule has 0 bridgehead atoms. The maximum absolute atomic E-state index is 13.3. The van der Waals surface area contributed by atoms with E-state index in [0.29, 0.717) is 50.6 Å². The van der Waals surface area contributed by atoms with Crippen LogP contribution in [0.25, 0.3) is 0 Å². The minimum absolute atomic E-state index is 0.0713. The number of hydrogen-bond acceptors (Lipinski definition) is 6. The van der Waals surface area contributed by atoms with Crippen molar-refractivity contribution in [3.05, 3.63) is 35.9 Å². The molecule has 0 saturated carbocycles. The molecule has 37 heavy (non-hydrogen) atoms. The lowest BCUT2D eigenvalue weighted by atomic mass is 10.0. The number of benzene rings is 1. The summed E-state index contributed by atoms with van der Waals surface area (Å²) in [6.45, 7) is 2.67. The minimum atomic E-state index is -0.946. The van der Waals surface area contributed by atoms with E-state index in [1.54, 1.807) is 30.3 Å². The number of hydrogen-bond donors (Lipinski definition) is 7. The maximum atomic E-state index is 13.3. The van der Waals surface area contributed by atoms with E-state index in [-0.39, 0.29) is 18.9 Å². The number of carbonyl (C=O) groups is 4. The Balaban J connectivity index is 3.02. The SMILES string of the molecule is CCCC[C@H](NC(=O)[C@H](CCCCN)NC(=O)[C@H](CCCN=C(N)N)NC(=O)c1ccccc1)C(N)=O. The zero-order valence-electron chi connectivity index (χ0n) is 21.6. The molecule has 206 valence electrons. The molecule has 0 fully saturated rings. The van der Waals surface area contributed by atoms with Gasteiger partial charge in [-0.25, -0.2) is 0 Å². The highest BCUT2D eigenvalue weighted by Gasteiger charge is 2.28. The molecule has 0 heterocycles. The lowest BCUT2D eigenvalue weighted by molar-refractivity contribution is -0.132. The van der Waals surface area contributed by atoms with Crippen molar-refractivity contribution >= 4 is 29.6 Å². The number of nitrogens with zero attached hydrogens (tertiary/aromatic N) is 1. The Kier molecular flexibility index (Phi) is 15.0. The molecule has 3 atom stereocenters. The number of guanidine groups is 1. The molecule has 1 rings (SSSR count). The molecule has 1 aromatic rings. The van der Waals surface area contributed by atoms with Crippen LogP contribution in [0.1, 0.15) is 68.6 Å². The highest BCUT2D eigenvalue weighted by atomic mass is 16.2. The molecule has 12 nitrogen and oxygen atoms in total. The number of nitrogens with one attached hydrogen (secondary N) is 3. The second-order valence-corrected chi connectivity index (χ2v) is 8.79. The molecular weight excluding hydrogens is 476 g/mol. The molecule has 0 aromatic heterocycles. The van der Waals surface area contributed by atoms with Gasteiger partial charge in [0.2, 0.25) is 17.7 Å². The van der Waals surface area contributed by atoms with Crippen molar-refractivity contribution in [1.29, 1.82) is 0 Å². The number of primary amides is 1. The van der Waals surface area contributed by atoms with E-state index in [1.807, 2.05) is 6.92 Å². The smallest absolute Gasteiger partial charge is 0.251 e. The molecular formula is C25H42N8O4. The number of rotatable bonds is 18. The van der Waals surface area contributed by atoms with Crippen LogP contribution in [-0.4, -0.2) is 60.8 Å². The van der Waals surface area contributed by atoms with Gasteiger partial charge in [-0.05, 0) is 57.2 Å². The third kappa shape index (κ3) is 12.7. The Morgan fingerprint density at radius 3 is 1.92 bits per heavy atom. The molecule has 0 unspecified atom stereocenters.